The van der Waals surface area contributed by atoms with E-state index in [9.17, 15) is 18.1 Å². The van der Waals surface area contributed by atoms with E-state index < -0.39 is 10.1 Å². The van der Waals surface area contributed by atoms with E-state index in [1.807, 2.05) is 0 Å². The maximum atomic E-state index is 12.4. The third kappa shape index (κ3) is 9.09. The molecule has 0 radical (unpaired) electrons. The van der Waals surface area contributed by atoms with Gasteiger partial charge in [-0.05, 0) is 37.1 Å². The molecule has 0 unspecified atom stereocenters. The van der Waals surface area contributed by atoms with E-state index in [-0.39, 0.29) is 46.0 Å². The van der Waals surface area contributed by atoms with E-state index in [2.05, 4.69) is 6.92 Å². The molecule has 0 aromatic heterocycles. The molecule has 2 aromatic carbocycles. The first-order chi connectivity index (χ1) is 13.4. The monoisotopic (exact) mass is 428 g/mol. The molecule has 0 fully saturated rings. The summed E-state index contributed by atoms with van der Waals surface area (Å²) in [5, 5.41) is 12.4. The largest absolute Gasteiger partial charge is 1.00 e. The molecule has 5 nitrogen and oxygen atoms in total. The molecule has 0 atom stereocenters. The minimum atomic E-state index is -4.50. The SMILES string of the molecule is CCCCCCCCCCc1cc(S(=O)(=O)O)c(Oc2ccccc2)cc1[O-].[Na+]. The van der Waals surface area contributed by atoms with Gasteiger partial charge in [-0.15, -0.1) is 5.75 Å². The summed E-state index contributed by atoms with van der Waals surface area (Å²) in [5.74, 6) is -0.0396. The van der Waals surface area contributed by atoms with Crippen molar-refractivity contribution in [3.63, 3.8) is 0 Å². The van der Waals surface area contributed by atoms with Crippen molar-refractivity contribution in [1.82, 2.24) is 0 Å². The van der Waals surface area contributed by atoms with Crippen LogP contribution in [0.1, 0.15) is 63.9 Å². The quantitative estimate of drug-likeness (QED) is 0.319. The van der Waals surface area contributed by atoms with Crippen LogP contribution in [0.3, 0.4) is 0 Å². The molecule has 2 rings (SSSR count). The van der Waals surface area contributed by atoms with Crippen LogP contribution >= 0.6 is 0 Å². The van der Waals surface area contributed by atoms with Crippen molar-refractivity contribution < 1.29 is 52.4 Å². The summed E-state index contributed by atoms with van der Waals surface area (Å²) in [4.78, 5) is -0.370. The number of para-hydroxylation sites is 1. The topological polar surface area (TPSA) is 86.7 Å². The van der Waals surface area contributed by atoms with Crippen molar-refractivity contribution in [2.75, 3.05) is 0 Å². The Kier molecular flexibility index (Phi) is 11.9. The van der Waals surface area contributed by atoms with E-state index in [4.69, 9.17) is 4.74 Å². The molecule has 0 aliphatic rings. The molecular weight excluding hydrogens is 399 g/mol. The van der Waals surface area contributed by atoms with Crippen LogP contribution in [0, 0.1) is 0 Å². The van der Waals surface area contributed by atoms with E-state index in [0.717, 1.165) is 25.3 Å². The Morgan fingerprint density at radius 1 is 0.931 bits per heavy atom. The number of hydrogen-bond acceptors (Lipinski definition) is 4. The van der Waals surface area contributed by atoms with Gasteiger partial charge >= 0.3 is 29.6 Å². The van der Waals surface area contributed by atoms with Crippen LogP contribution < -0.4 is 39.4 Å². The Hall–Kier alpha value is -1.05. The molecule has 0 aliphatic carbocycles. The minimum Gasteiger partial charge on any atom is -0.872 e. The van der Waals surface area contributed by atoms with Crippen molar-refractivity contribution in [2.45, 2.75) is 69.6 Å². The van der Waals surface area contributed by atoms with Gasteiger partial charge in [-0.1, -0.05) is 75.6 Å². The van der Waals surface area contributed by atoms with Crippen LogP contribution in [0.4, 0.5) is 0 Å². The number of benzene rings is 2. The van der Waals surface area contributed by atoms with Gasteiger partial charge in [-0.2, -0.15) is 8.42 Å². The fourth-order valence-electron chi connectivity index (χ4n) is 3.12. The molecular formula is C22H29NaO5S. The molecule has 0 spiro atoms. The third-order valence-corrected chi connectivity index (χ3v) is 5.55. The maximum absolute atomic E-state index is 12.4. The van der Waals surface area contributed by atoms with Gasteiger partial charge in [0.2, 0.25) is 0 Å². The maximum Gasteiger partial charge on any atom is 1.00 e. The fourth-order valence-corrected chi connectivity index (χ4v) is 3.77. The number of rotatable bonds is 12. The van der Waals surface area contributed by atoms with Crippen molar-refractivity contribution >= 4 is 10.1 Å². The molecule has 154 valence electrons. The molecule has 29 heavy (non-hydrogen) atoms. The standard InChI is InChI=1S/C22H30O5S.Na/c1-2-3-4-5-6-7-8-10-13-18-16-22(28(24,25)26)21(17-20(18)23)27-19-14-11-9-12-15-19;/h9,11-12,14-17,23H,2-8,10,13H2,1H3,(H,24,25,26);/q;+1/p-1. The summed E-state index contributed by atoms with van der Waals surface area (Å²) < 4.78 is 38.7. The minimum absolute atomic E-state index is 0. The second-order valence-electron chi connectivity index (χ2n) is 7.02. The summed E-state index contributed by atoms with van der Waals surface area (Å²) in [7, 11) is -4.50. The van der Waals surface area contributed by atoms with Gasteiger partial charge in [0.1, 0.15) is 16.4 Å². The third-order valence-electron chi connectivity index (χ3n) is 4.68. The Morgan fingerprint density at radius 2 is 1.52 bits per heavy atom. The molecule has 7 heteroatoms. The average molecular weight is 429 g/mol. The second kappa shape index (κ2) is 13.3. The van der Waals surface area contributed by atoms with Gasteiger partial charge in [-0.25, -0.2) is 0 Å². The Bertz CT molecular complexity index is 838. The van der Waals surface area contributed by atoms with Crippen LogP contribution in [0.15, 0.2) is 47.4 Å². The Labute approximate surface area is 196 Å². The Balaban J connectivity index is 0.00000420. The summed E-state index contributed by atoms with van der Waals surface area (Å²) in [5.41, 5.74) is 0.388. The van der Waals surface area contributed by atoms with E-state index in [1.165, 1.54) is 38.2 Å². The van der Waals surface area contributed by atoms with Gasteiger partial charge in [0.05, 0.1) is 0 Å². The summed E-state index contributed by atoms with van der Waals surface area (Å²) in [6.07, 6.45) is 9.59. The van der Waals surface area contributed by atoms with E-state index in [1.54, 1.807) is 30.3 Å². The molecule has 0 saturated carbocycles. The van der Waals surface area contributed by atoms with E-state index >= 15 is 0 Å². The predicted octanol–water partition coefficient (Wildman–Crippen LogP) is 2.49. The fraction of sp³-hybridized carbons (Fsp3) is 0.455. The zero-order chi connectivity index (χ0) is 20.4. The molecule has 2 aromatic rings. The van der Waals surface area contributed by atoms with Crippen LogP contribution in [0.2, 0.25) is 0 Å². The van der Waals surface area contributed by atoms with Crippen molar-refractivity contribution in [3.8, 4) is 17.2 Å². The van der Waals surface area contributed by atoms with Crippen LogP contribution in [-0.2, 0) is 16.5 Å². The van der Waals surface area contributed by atoms with Crippen molar-refractivity contribution in [3.05, 3.63) is 48.0 Å². The zero-order valence-corrected chi connectivity index (χ0v) is 20.2. The molecule has 0 aliphatic heterocycles. The first-order valence-corrected chi connectivity index (χ1v) is 11.4. The van der Waals surface area contributed by atoms with Gasteiger partial charge in [-0.3, -0.25) is 4.55 Å². The molecule has 1 N–H and O–H groups in total. The van der Waals surface area contributed by atoms with Gasteiger partial charge < -0.3 is 9.84 Å². The smallest absolute Gasteiger partial charge is 0.872 e. The number of unbranched alkanes of at least 4 members (excludes halogenated alkanes) is 7. The zero-order valence-electron chi connectivity index (χ0n) is 17.4. The van der Waals surface area contributed by atoms with Crippen molar-refractivity contribution in [1.29, 1.82) is 0 Å². The van der Waals surface area contributed by atoms with Gasteiger partial charge in [0.25, 0.3) is 10.1 Å². The number of hydrogen-bond donors (Lipinski definition) is 1. The van der Waals surface area contributed by atoms with Crippen LogP contribution in [-0.4, -0.2) is 13.0 Å². The van der Waals surface area contributed by atoms with E-state index in [0.29, 0.717) is 17.7 Å². The number of ether oxygens (including phenoxy) is 1. The van der Waals surface area contributed by atoms with Gasteiger partial charge in [0.15, 0.2) is 0 Å². The molecule has 0 saturated heterocycles. The average Bonchev–Trinajstić information content (AvgIpc) is 2.65. The normalized spacial score (nSPS) is 11.1. The summed E-state index contributed by atoms with van der Waals surface area (Å²) in [6.45, 7) is 2.19. The molecule has 0 heterocycles. The Morgan fingerprint density at radius 3 is 2.10 bits per heavy atom. The van der Waals surface area contributed by atoms with Crippen molar-refractivity contribution in [2.24, 2.45) is 0 Å². The van der Waals surface area contributed by atoms with Gasteiger partial charge in [0, 0.05) is 0 Å². The number of aryl methyl sites for hydroxylation is 1. The molecule has 0 amide bonds. The van der Waals surface area contributed by atoms with Crippen LogP contribution in [0.5, 0.6) is 17.2 Å². The predicted molar refractivity (Wildman–Crippen MR) is 109 cm³/mol. The summed E-state index contributed by atoms with van der Waals surface area (Å²) >= 11 is 0. The second-order valence-corrected chi connectivity index (χ2v) is 8.41. The summed E-state index contributed by atoms with van der Waals surface area (Å²) in [6, 6.07) is 10.9. The van der Waals surface area contributed by atoms with Crippen LogP contribution in [0.25, 0.3) is 0 Å². The first kappa shape index (κ1) is 26.0. The molecule has 0 bridgehead atoms. The first-order valence-electron chi connectivity index (χ1n) is 9.96.